The molecule has 0 spiro atoms. The highest BCUT2D eigenvalue weighted by atomic mass is 79.9. The van der Waals surface area contributed by atoms with E-state index in [9.17, 15) is 0 Å². The van der Waals surface area contributed by atoms with Crippen molar-refractivity contribution in [2.45, 2.75) is 45.1 Å². The first-order valence-electron chi connectivity index (χ1n) is 6.16. The molecule has 1 aromatic rings. The van der Waals surface area contributed by atoms with Crippen LogP contribution in [0.5, 0.6) is 0 Å². The van der Waals surface area contributed by atoms with Crippen LogP contribution in [0, 0.1) is 5.92 Å². The number of anilines is 1. The maximum atomic E-state index is 4.35. The Labute approximate surface area is 106 Å². The Morgan fingerprint density at radius 1 is 1.31 bits per heavy atom. The summed E-state index contributed by atoms with van der Waals surface area (Å²) in [4.78, 5) is 4.35. The van der Waals surface area contributed by atoms with Crippen LogP contribution in [-0.4, -0.2) is 11.0 Å². The van der Waals surface area contributed by atoms with Gasteiger partial charge in [0.05, 0.1) is 0 Å². The molecule has 1 aromatic heterocycles. The minimum absolute atomic E-state index is 0.622. The summed E-state index contributed by atoms with van der Waals surface area (Å²) in [6, 6.07) is 4.69. The minimum atomic E-state index is 0.622. The van der Waals surface area contributed by atoms with Gasteiger partial charge in [0.25, 0.3) is 0 Å². The third-order valence-electron chi connectivity index (χ3n) is 3.50. The molecule has 3 heteroatoms. The van der Waals surface area contributed by atoms with Crippen molar-refractivity contribution in [1.29, 1.82) is 0 Å². The molecule has 0 saturated heterocycles. The summed E-state index contributed by atoms with van der Waals surface area (Å²) in [5.41, 5.74) is 0. The maximum Gasteiger partial charge on any atom is 0.126 e. The first-order valence-corrected chi connectivity index (χ1v) is 6.95. The van der Waals surface area contributed by atoms with Crippen LogP contribution in [-0.2, 0) is 0 Å². The van der Waals surface area contributed by atoms with E-state index < -0.39 is 0 Å². The maximum absolute atomic E-state index is 4.35. The van der Waals surface area contributed by atoms with E-state index in [-0.39, 0.29) is 0 Å². The molecule has 1 N–H and O–H groups in total. The van der Waals surface area contributed by atoms with Gasteiger partial charge in [0.1, 0.15) is 5.82 Å². The first-order chi connectivity index (χ1) is 7.78. The van der Waals surface area contributed by atoms with Crippen LogP contribution in [0.3, 0.4) is 0 Å². The Bertz CT molecular complexity index is 315. The number of nitrogens with zero attached hydrogens (tertiary/aromatic N) is 1. The number of pyridine rings is 1. The van der Waals surface area contributed by atoms with Gasteiger partial charge in [0.2, 0.25) is 0 Å². The number of aromatic nitrogens is 1. The highest BCUT2D eigenvalue weighted by Crippen LogP contribution is 2.28. The zero-order valence-corrected chi connectivity index (χ0v) is 11.3. The van der Waals surface area contributed by atoms with Gasteiger partial charge in [-0.15, -0.1) is 0 Å². The van der Waals surface area contributed by atoms with Crippen LogP contribution in [0.15, 0.2) is 22.8 Å². The Balaban J connectivity index is 1.84. The van der Waals surface area contributed by atoms with Crippen molar-refractivity contribution in [3.8, 4) is 0 Å². The van der Waals surface area contributed by atoms with Crippen molar-refractivity contribution < 1.29 is 0 Å². The fourth-order valence-electron chi connectivity index (χ4n) is 2.39. The van der Waals surface area contributed by atoms with Crippen molar-refractivity contribution in [3.63, 3.8) is 0 Å². The number of nitrogens with one attached hydrogen (secondary N) is 1. The number of hydrogen-bond donors (Lipinski definition) is 1. The molecule has 1 aliphatic rings. The summed E-state index contributed by atoms with van der Waals surface area (Å²) in [7, 11) is 0. The first kappa shape index (κ1) is 11.9. The average Bonchev–Trinajstić information content (AvgIpc) is 2.33. The van der Waals surface area contributed by atoms with Crippen molar-refractivity contribution in [2.24, 2.45) is 5.92 Å². The summed E-state index contributed by atoms with van der Waals surface area (Å²) in [6.45, 7) is 2.30. The lowest BCUT2D eigenvalue weighted by atomic mass is 9.84. The summed E-state index contributed by atoms with van der Waals surface area (Å²) in [5.74, 6) is 1.96. The van der Waals surface area contributed by atoms with Gasteiger partial charge in [0, 0.05) is 16.7 Å². The lowest BCUT2D eigenvalue weighted by Gasteiger charge is -2.28. The van der Waals surface area contributed by atoms with Gasteiger partial charge in [-0.25, -0.2) is 4.98 Å². The van der Waals surface area contributed by atoms with Gasteiger partial charge >= 0.3 is 0 Å². The second-order valence-corrected chi connectivity index (χ2v) is 5.55. The molecule has 0 radical (unpaired) electrons. The normalized spacial score (nSPS) is 25.4. The molecule has 0 unspecified atom stereocenters. The smallest absolute Gasteiger partial charge is 0.126 e. The van der Waals surface area contributed by atoms with E-state index in [1.165, 1.54) is 32.1 Å². The Hall–Kier alpha value is -0.570. The molecule has 0 atom stereocenters. The zero-order chi connectivity index (χ0) is 11.4. The quantitative estimate of drug-likeness (QED) is 0.898. The molecule has 0 bridgehead atoms. The van der Waals surface area contributed by atoms with Crippen molar-refractivity contribution in [3.05, 3.63) is 22.8 Å². The predicted octanol–water partition coefficient (Wildman–Crippen LogP) is 4.22. The standard InChI is InChI=1S/C13H19BrN2/c1-2-10-3-6-12(7-4-10)16-13-8-5-11(14)9-15-13/h5,8-10,12H,2-4,6-7H2,1H3,(H,15,16). The summed E-state index contributed by atoms with van der Waals surface area (Å²) >= 11 is 3.40. The predicted molar refractivity (Wildman–Crippen MR) is 71.6 cm³/mol. The third-order valence-corrected chi connectivity index (χ3v) is 3.97. The molecular formula is C13H19BrN2. The van der Waals surface area contributed by atoms with Gasteiger partial charge in [-0.05, 0) is 59.7 Å². The molecule has 0 amide bonds. The van der Waals surface area contributed by atoms with Gasteiger partial charge in [-0.2, -0.15) is 0 Å². The van der Waals surface area contributed by atoms with E-state index >= 15 is 0 Å². The van der Waals surface area contributed by atoms with Crippen molar-refractivity contribution in [1.82, 2.24) is 4.98 Å². The van der Waals surface area contributed by atoms with E-state index in [0.29, 0.717) is 6.04 Å². The van der Waals surface area contributed by atoms with E-state index in [2.05, 4.69) is 33.2 Å². The van der Waals surface area contributed by atoms with Gasteiger partial charge in [-0.3, -0.25) is 0 Å². The second-order valence-electron chi connectivity index (χ2n) is 4.63. The molecule has 88 valence electrons. The molecule has 0 aromatic carbocycles. The highest BCUT2D eigenvalue weighted by molar-refractivity contribution is 9.10. The van der Waals surface area contributed by atoms with Crippen LogP contribution in [0.2, 0.25) is 0 Å². The van der Waals surface area contributed by atoms with E-state index in [0.717, 1.165) is 16.2 Å². The van der Waals surface area contributed by atoms with Gasteiger partial charge in [-0.1, -0.05) is 13.3 Å². The molecule has 0 aliphatic heterocycles. The van der Waals surface area contributed by atoms with Gasteiger partial charge in [0.15, 0.2) is 0 Å². The lowest BCUT2D eigenvalue weighted by molar-refractivity contribution is 0.330. The molecule has 16 heavy (non-hydrogen) atoms. The third kappa shape index (κ3) is 3.21. The summed E-state index contributed by atoms with van der Waals surface area (Å²) < 4.78 is 1.03. The SMILES string of the molecule is CCC1CCC(Nc2ccc(Br)cn2)CC1. The Morgan fingerprint density at radius 2 is 2.06 bits per heavy atom. The summed E-state index contributed by atoms with van der Waals surface area (Å²) in [5, 5.41) is 3.52. The fraction of sp³-hybridized carbons (Fsp3) is 0.615. The van der Waals surface area contributed by atoms with Crippen LogP contribution >= 0.6 is 15.9 Å². The van der Waals surface area contributed by atoms with E-state index in [1.54, 1.807) is 0 Å². The van der Waals surface area contributed by atoms with Crippen LogP contribution in [0.4, 0.5) is 5.82 Å². The topological polar surface area (TPSA) is 24.9 Å². The molecule has 1 heterocycles. The highest BCUT2D eigenvalue weighted by Gasteiger charge is 2.19. The molecule has 2 rings (SSSR count). The molecular weight excluding hydrogens is 264 g/mol. The molecule has 2 nitrogen and oxygen atoms in total. The second kappa shape index (κ2) is 5.67. The Kier molecular flexibility index (Phi) is 4.22. The minimum Gasteiger partial charge on any atom is -0.367 e. The van der Waals surface area contributed by atoms with Gasteiger partial charge < -0.3 is 5.32 Å². The van der Waals surface area contributed by atoms with Crippen LogP contribution < -0.4 is 5.32 Å². The van der Waals surface area contributed by atoms with Crippen LogP contribution in [0.1, 0.15) is 39.0 Å². The van der Waals surface area contributed by atoms with Crippen LogP contribution in [0.25, 0.3) is 0 Å². The zero-order valence-electron chi connectivity index (χ0n) is 9.75. The number of halogens is 1. The average molecular weight is 283 g/mol. The van der Waals surface area contributed by atoms with E-state index in [1.807, 2.05) is 18.3 Å². The fourth-order valence-corrected chi connectivity index (χ4v) is 2.62. The largest absolute Gasteiger partial charge is 0.367 e. The Morgan fingerprint density at radius 3 is 2.62 bits per heavy atom. The monoisotopic (exact) mass is 282 g/mol. The lowest BCUT2D eigenvalue weighted by Crippen LogP contribution is -2.26. The molecule has 1 fully saturated rings. The number of rotatable bonds is 3. The number of hydrogen-bond acceptors (Lipinski definition) is 2. The van der Waals surface area contributed by atoms with Crippen molar-refractivity contribution >= 4 is 21.7 Å². The summed E-state index contributed by atoms with van der Waals surface area (Å²) in [6.07, 6.45) is 8.49. The molecule has 1 saturated carbocycles. The van der Waals surface area contributed by atoms with Crippen molar-refractivity contribution in [2.75, 3.05) is 5.32 Å². The molecule has 1 aliphatic carbocycles. The van der Waals surface area contributed by atoms with E-state index in [4.69, 9.17) is 0 Å².